The predicted octanol–water partition coefficient (Wildman–Crippen LogP) is 2.87. The van der Waals surface area contributed by atoms with Crippen molar-refractivity contribution in [2.24, 2.45) is 0 Å². The lowest BCUT2D eigenvalue weighted by Crippen LogP contribution is -2.48. The Balaban J connectivity index is 1.62. The molecule has 0 unspecified atom stereocenters. The highest BCUT2D eigenvalue weighted by Crippen LogP contribution is 2.23. The molecule has 1 aromatic heterocycles. The molecule has 2 amide bonds. The van der Waals surface area contributed by atoms with Crippen molar-refractivity contribution in [2.75, 3.05) is 64.0 Å². The van der Waals surface area contributed by atoms with E-state index in [1.807, 2.05) is 61.2 Å². The minimum Gasteiger partial charge on any atom is -0.353 e. The van der Waals surface area contributed by atoms with Crippen LogP contribution in [0.2, 0.25) is 5.15 Å². The third kappa shape index (κ3) is 7.85. The number of nitrogens with zero attached hydrogens (tertiary/aromatic N) is 6. The maximum atomic E-state index is 13.1. The molecule has 0 bridgehead atoms. The van der Waals surface area contributed by atoms with Crippen molar-refractivity contribution < 1.29 is 9.59 Å². The first kappa shape index (κ1) is 26.2. The van der Waals surface area contributed by atoms with Crippen LogP contribution in [0, 0.1) is 0 Å². The van der Waals surface area contributed by atoms with Crippen LogP contribution < -0.4 is 4.90 Å². The Morgan fingerprint density at radius 3 is 2.41 bits per heavy atom. The third-order valence-electron chi connectivity index (χ3n) is 5.63. The van der Waals surface area contributed by atoms with E-state index in [9.17, 15) is 9.59 Å². The van der Waals surface area contributed by atoms with Crippen LogP contribution in [-0.2, 0) is 16.1 Å². The van der Waals surface area contributed by atoms with Crippen molar-refractivity contribution in [3.8, 4) is 0 Å². The number of benzene rings is 1. The van der Waals surface area contributed by atoms with Crippen LogP contribution in [-0.4, -0.2) is 95.6 Å². The van der Waals surface area contributed by atoms with Gasteiger partial charge in [-0.3, -0.25) is 9.59 Å². The number of hydrogen-bond donors (Lipinski definition) is 0. The molecule has 0 spiro atoms. The zero-order valence-corrected chi connectivity index (χ0v) is 21.7. The SMILES string of the molecule is CCC(=O)N1CCN(c2cc(Cl)nc(SCC(=O)N(CCN(C)C)Cc3ccccc3)n2)CC1. The summed E-state index contributed by atoms with van der Waals surface area (Å²) in [6, 6.07) is 11.7. The maximum absolute atomic E-state index is 13.1. The first-order valence-electron chi connectivity index (χ1n) is 11.5. The van der Waals surface area contributed by atoms with Crippen LogP contribution in [0.15, 0.2) is 41.6 Å². The summed E-state index contributed by atoms with van der Waals surface area (Å²) >= 11 is 7.58. The van der Waals surface area contributed by atoms with Crippen LogP contribution in [0.1, 0.15) is 18.9 Å². The summed E-state index contributed by atoms with van der Waals surface area (Å²) in [5, 5.41) is 0.830. The number of amides is 2. The summed E-state index contributed by atoms with van der Waals surface area (Å²) in [5.41, 5.74) is 1.10. The van der Waals surface area contributed by atoms with Crippen LogP contribution in [0.4, 0.5) is 5.82 Å². The first-order valence-corrected chi connectivity index (χ1v) is 12.9. The summed E-state index contributed by atoms with van der Waals surface area (Å²) in [6.07, 6.45) is 0.518. The Bertz CT molecular complexity index is 954. The molecule has 2 aromatic rings. The van der Waals surface area contributed by atoms with Gasteiger partial charge in [-0.05, 0) is 19.7 Å². The second-order valence-electron chi connectivity index (χ2n) is 8.45. The van der Waals surface area contributed by atoms with Gasteiger partial charge in [0.1, 0.15) is 11.0 Å². The third-order valence-corrected chi connectivity index (χ3v) is 6.66. The van der Waals surface area contributed by atoms with Gasteiger partial charge in [-0.2, -0.15) is 0 Å². The van der Waals surface area contributed by atoms with Gasteiger partial charge in [-0.15, -0.1) is 0 Å². The van der Waals surface area contributed by atoms with Gasteiger partial charge in [0, 0.05) is 58.3 Å². The summed E-state index contributed by atoms with van der Waals surface area (Å²) < 4.78 is 0. The molecule has 1 fully saturated rings. The summed E-state index contributed by atoms with van der Waals surface area (Å²) in [5.74, 6) is 1.17. The number of hydrogen-bond acceptors (Lipinski definition) is 7. The topological polar surface area (TPSA) is 72.9 Å². The van der Waals surface area contributed by atoms with Gasteiger partial charge in [0.05, 0.1) is 5.75 Å². The molecule has 8 nitrogen and oxygen atoms in total. The van der Waals surface area contributed by atoms with Crippen LogP contribution in [0.25, 0.3) is 0 Å². The van der Waals surface area contributed by atoms with E-state index in [2.05, 4.69) is 19.8 Å². The number of anilines is 1. The lowest BCUT2D eigenvalue weighted by Gasteiger charge is -2.35. The first-order chi connectivity index (χ1) is 16.4. The number of aromatic nitrogens is 2. The van der Waals surface area contributed by atoms with Crippen molar-refractivity contribution in [1.29, 1.82) is 0 Å². The van der Waals surface area contributed by atoms with Gasteiger partial charge >= 0.3 is 0 Å². The molecule has 0 aliphatic carbocycles. The Morgan fingerprint density at radius 2 is 1.76 bits per heavy atom. The molecule has 1 saturated heterocycles. The molecular weight excluding hydrogens is 472 g/mol. The quantitative estimate of drug-likeness (QED) is 0.280. The molecule has 34 heavy (non-hydrogen) atoms. The fourth-order valence-electron chi connectivity index (χ4n) is 3.65. The fourth-order valence-corrected chi connectivity index (χ4v) is 4.64. The van der Waals surface area contributed by atoms with Crippen molar-refractivity contribution in [1.82, 2.24) is 24.7 Å². The second kappa shape index (κ2) is 12.9. The lowest BCUT2D eigenvalue weighted by atomic mass is 10.2. The molecule has 0 radical (unpaired) electrons. The summed E-state index contributed by atoms with van der Waals surface area (Å²) in [6.45, 7) is 6.58. The number of rotatable bonds is 10. The van der Waals surface area contributed by atoms with Gasteiger partial charge in [-0.1, -0.05) is 60.6 Å². The molecule has 1 aromatic carbocycles. The minimum atomic E-state index is 0.0347. The number of carbonyl (C=O) groups excluding carboxylic acids is 2. The smallest absolute Gasteiger partial charge is 0.233 e. The Labute approximate surface area is 211 Å². The van der Waals surface area contributed by atoms with Gasteiger partial charge in [0.25, 0.3) is 0 Å². The molecule has 0 atom stereocenters. The minimum absolute atomic E-state index is 0.0347. The Morgan fingerprint density at radius 1 is 1.06 bits per heavy atom. The van der Waals surface area contributed by atoms with E-state index in [1.54, 1.807) is 6.07 Å². The summed E-state index contributed by atoms with van der Waals surface area (Å²) in [7, 11) is 4.00. The standard InChI is InChI=1S/C24H33ClN6O2S/c1-4-22(32)30-14-12-29(13-15-30)21-16-20(25)26-24(27-21)34-18-23(33)31(11-10-28(2)3)17-19-8-6-5-7-9-19/h5-9,16H,4,10-15,17-18H2,1-3H3. The molecule has 10 heteroatoms. The lowest BCUT2D eigenvalue weighted by molar-refractivity contribution is -0.131. The van der Waals surface area contributed by atoms with Crippen molar-refractivity contribution in [2.45, 2.75) is 25.0 Å². The van der Waals surface area contributed by atoms with Crippen LogP contribution in [0.3, 0.4) is 0 Å². The molecule has 1 aliphatic rings. The Hall–Kier alpha value is -2.36. The molecular formula is C24H33ClN6O2S. The molecule has 2 heterocycles. The molecule has 3 rings (SSSR count). The number of carbonyl (C=O) groups is 2. The average Bonchev–Trinajstić information content (AvgIpc) is 2.85. The van der Waals surface area contributed by atoms with Gasteiger partial charge in [0.2, 0.25) is 11.8 Å². The zero-order valence-electron chi connectivity index (χ0n) is 20.1. The van der Waals surface area contributed by atoms with E-state index < -0.39 is 0 Å². The van der Waals surface area contributed by atoms with Crippen molar-refractivity contribution in [3.63, 3.8) is 0 Å². The van der Waals surface area contributed by atoms with Gasteiger partial charge in [0.15, 0.2) is 5.16 Å². The van der Waals surface area contributed by atoms with Gasteiger partial charge < -0.3 is 19.6 Å². The molecule has 1 aliphatic heterocycles. The van der Waals surface area contributed by atoms with E-state index >= 15 is 0 Å². The van der Waals surface area contributed by atoms with E-state index in [0.717, 1.165) is 17.9 Å². The largest absolute Gasteiger partial charge is 0.353 e. The average molecular weight is 505 g/mol. The van der Waals surface area contributed by atoms with E-state index in [4.69, 9.17) is 11.6 Å². The fraction of sp³-hybridized carbons (Fsp3) is 0.500. The van der Waals surface area contributed by atoms with E-state index in [0.29, 0.717) is 56.0 Å². The van der Waals surface area contributed by atoms with Crippen LogP contribution >= 0.6 is 23.4 Å². The maximum Gasteiger partial charge on any atom is 0.233 e. The van der Waals surface area contributed by atoms with Crippen molar-refractivity contribution >= 4 is 41.0 Å². The van der Waals surface area contributed by atoms with Gasteiger partial charge in [-0.25, -0.2) is 9.97 Å². The predicted molar refractivity (Wildman–Crippen MR) is 137 cm³/mol. The summed E-state index contributed by atoms with van der Waals surface area (Å²) in [4.78, 5) is 41.9. The number of halogens is 1. The highest BCUT2D eigenvalue weighted by atomic mass is 35.5. The Kier molecular flexibility index (Phi) is 9.98. The molecule has 0 saturated carbocycles. The van der Waals surface area contributed by atoms with E-state index in [1.165, 1.54) is 11.8 Å². The van der Waals surface area contributed by atoms with Crippen LogP contribution in [0.5, 0.6) is 0 Å². The normalized spacial score (nSPS) is 13.9. The molecule has 0 N–H and O–H groups in total. The zero-order chi connectivity index (χ0) is 24.5. The van der Waals surface area contributed by atoms with E-state index in [-0.39, 0.29) is 17.6 Å². The monoisotopic (exact) mass is 504 g/mol. The number of likely N-dealkylation sites (N-methyl/N-ethyl adjacent to an activating group) is 1. The highest BCUT2D eigenvalue weighted by molar-refractivity contribution is 7.99. The van der Waals surface area contributed by atoms with Crippen molar-refractivity contribution in [3.05, 3.63) is 47.1 Å². The highest BCUT2D eigenvalue weighted by Gasteiger charge is 2.22. The number of piperazine rings is 1. The molecule has 184 valence electrons. The number of thioether (sulfide) groups is 1. The second-order valence-corrected chi connectivity index (χ2v) is 9.78.